The third-order valence-corrected chi connectivity index (χ3v) is 7.39. The number of carbonyl (C=O) groups is 2. The minimum atomic E-state index is -3.94. The number of nitrogens with zero attached hydrogens (tertiary/aromatic N) is 2. The monoisotopic (exact) mass is 561 g/mol. The Balaban J connectivity index is 2.43. The zero-order valence-corrected chi connectivity index (χ0v) is 23.2. The molecular weight excluding hydrogens is 533 g/mol. The Hall–Kier alpha value is -2.00. The normalized spacial score (nSPS) is 12.3. The quantitative estimate of drug-likeness (QED) is 0.399. The van der Waals surface area contributed by atoms with Gasteiger partial charge in [0.05, 0.1) is 27.0 Å². The molecule has 192 valence electrons. The molecule has 0 unspecified atom stereocenters. The van der Waals surface area contributed by atoms with E-state index in [4.69, 9.17) is 34.8 Å². The molecule has 0 bridgehead atoms. The summed E-state index contributed by atoms with van der Waals surface area (Å²) in [7, 11) is -3.94. The standard InChI is InChI=1S/C24H30Cl3N3O4S/c1-5-21(24(32)28-16(2)3)29(12-11-17-9-7-6-8-10-17)23(31)15-30(35(4,33)34)22-14-19(26)18(25)13-20(22)27/h6-10,13-14,16,21H,5,11-12,15H2,1-4H3,(H,28,32)/t21-/m0/s1. The second kappa shape index (κ2) is 12.8. The van der Waals surface area contributed by atoms with Crippen LogP contribution in [0, 0.1) is 0 Å². The van der Waals surface area contributed by atoms with Gasteiger partial charge in [-0.15, -0.1) is 0 Å². The van der Waals surface area contributed by atoms with E-state index in [1.54, 1.807) is 6.92 Å². The molecule has 0 radical (unpaired) electrons. The largest absolute Gasteiger partial charge is 0.352 e. The molecule has 7 nitrogen and oxygen atoms in total. The Bertz CT molecular complexity index is 1140. The summed E-state index contributed by atoms with van der Waals surface area (Å²) in [5.74, 6) is -0.846. The SMILES string of the molecule is CC[C@@H](C(=O)NC(C)C)N(CCc1ccccc1)C(=O)CN(c1cc(Cl)c(Cl)cc1Cl)S(C)(=O)=O. The molecule has 0 saturated heterocycles. The van der Waals surface area contributed by atoms with Crippen molar-refractivity contribution in [2.45, 2.75) is 45.7 Å². The van der Waals surface area contributed by atoms with E-state index in [-0.39, 0.29) is 39.2 Å². The van der Waals surface area contributed by atoms with Crippen molar-refractivity contribution in [3.63, 3.8) is 0 Å². The molecule has 0 aliphatic heterocycles. The predicted molar refractivity (Wildman–Crippen MR) is 143 cm³/mol. The van der Waals surface area contributed by atoms with Crippen LogP contribution in [0.1, 0.15) is 32.8 Å². The van der Waals surface area contributed by atoms with Gasteiger partial charge in [0.15, 0.2) is 0 Å². The number of sulfonamides is 1. The fraction of sp³-hybridized carbons (Fsp3) is 0.417. The van der Waals surface area contributed by atoms with Gasteiger partial charge in [-0.2, -0.15) is 0 Å². The van der Waals surface area contributed by atoms with Crippen molar-refractivity contribution >= 4 is 62.3 Å². The molecule has 0 spiro atoms. The summed E-state index contributed by atoms with van der Waals surface area (Å²) in [4.78, 5) is 28.0. The van der Waals surface area contributed by atoms with Gasteiger partial charge >= 0.3 is 0 Å². The van der Waals surface area contributed by atoms with Crippen molar-refractivity contribution in [2.75, 3.05) is 23.7 Å². The van der Waals surface area contributed by atoms with Crippen molar-refractivity contribution in [3.8, 4) is 0 Å². The van der Waals surface area contributed by atoms with E-state index in [0.29, 0.717) is 12.8 Å². The number of hydrogen-bond acceptors (Lipinski definition) is 4. The van der Waals surface area contributed by atoms with Crippen molar-refractivity contribution < 1.29 is 18.0 Å². The highest BCUT2D eigenvalue weighted by Crippen LogP contribution is 2.35. The van der Waals surface area contributed by atoms with Crippen molar-refractivity contribution in [1.82, 2.24) is 10.2 Å². The molecule has 2 aromatic carbocycles. The van der Waals surface area contributed by atoms with Gasteiger partial charge in [0.2, 0.25) is 21.8 Å². The first kappa shape index (κ1) is 29.2. The van der Waals surface area contributed by atoms with Crippen LogP contribution < -0.4 is 9.62 Å². The molecule has 35 heavy (non-hydrogen) atoms. The van der Waals surface area contributed by atoms with Gasteiger partial charge in [-0.3, -0.25) is 13.9 Å². The number of nitrogens with one attached hydrogen (secondary N) is 1. The second-order valence-corrected chi connectivity index (χ2v) is 11.5. The van der Waals surface area contributed by atoms with Crippen molar-refractivity contribution in [3.05, 3.63) is 63.1 Å². The van der Waals surface area contributed by atoms with E-state index in [1.807, 2.05) is 44.2 Å². The first-order valence-electron chi connectivity index (χ1n) is 11.1. The van der Waals surface area contributed by atoms with Gasteiger partial charge in [-0.1, -0.05) is 72.1 Å². The van der Waals surface area contributed by atoms with Gasteiger partial charge in [0.25, 0.3) is 0 Å². The van der Waals surface area contributed by atoms with Crippen LogP contribution in [0.4, 0.5) is 5.69 Å². The fourth-order valence-electron chi connectivity index (χ4n) is 3.57. The molecule has 0 aliphatic rings. The molecule has 0 aromatic heterocycles. The number of amides is 2. The Morgan fingerprint density at radius 3 is 2.14 bits per heavy atom. The number of carbonyl (C=O) groups excluding carboxylic acids is 2. The minimum absolute atomic E-state index is 0.0260. The van der Waals surface area contributed by atoms with Gasteiger partial charge in [0, 0.05) is 12.6 Å². The first-order valence-corrected chi connectivity index (χ1v) is 14.1. The summed E-state index contributed by atoms with van der Waals surface area (Å²) in [6, 6.07) is 11.3. The zero-order valence-electron chi connectivity index (χ0n) is 20.1. The highest BCUT2D eigenvalue weighted by molar-refractivity contribution is 7.92. The molecule has 2 amide bonds. The summed E-state index contributed by atoms with van der Waals surface area (Å²) in [6.45, 7) is 5.13. The number of rotatable bonds is 11. The lowest BCUT2D eigenvalue weighted by Crippen LogP contribution is -2.54. The summed E-state index contributed by atoms with van der Waals surface area (Å²) in [5.41, 5.74) is 1.01. The van der Waals surface area contributed by atoms with E-state index >= 15 is 0 Å². The third-order valence-electron chi connectivity index (χ3n) is 5.24. The molecule has 2 rings (SSSR count). The van der Waals surface area contributed by atoms with E-state index in [9.17, 15) is 18.0 Å². The van der Waals surface area contributed by atoms with Crippen molar-refractivity contribution in [1.29, 1.82) is 0 Å². The third kappa shape index (κ3) is 8.27. The van der Waals surface area contributed by atoms with Crippen LogP contribution in [0.15, 0.2) is 42.5 Å². The number of halogens is 3. The van der Waals surface area contributed by atoms with Crippen LogP contribution >= 0.6 is 34.8 Å². The minimum Gasteiger partial charge on any atom is -0.352 e. The molecule has 0 saturated carbocycles. The predicted octanol–water partition coefficient (Wildman–Crippen LogP) is 4.79. The Kier molecular flexibility index (Phi) is 10.7. The summed E-state index contributed by atoms with van der Waals surface area (Å²) in [6.07, 6.45) is 1.81. The fourth-order valence-corrected chi connectivity index (χ4v) is 5.12. The zero-order chi connectivity index (χ0) is 26.3. The summed E-state index contributed by atoms with van der Waals surface area (Å²) in [5, 5.41) is 3.12. The molecule has 11 heteroatoms. The highest BCUT2D eigenvalue weighted by Gasteiger charge is 2.32. The molecule has 1 N–H and O–H groups in total. The van der Waals surface area contributed by atoms with Gasteiger partial charge < -0.3 is 10.2 Å². The summed E-state index contributed by atoms with van der Waals surface area (Å²) >= 11 is 18.4. The Morgan fingerprint density at radius 1 is 1.00 bits per heavy atom. The van der Waals surface area contributed by atoms with Crippen molar-refractivity contribution in [2.24, 2.45) is 0 Å². The van der Waals surface area contributed by atoms with E-state index in [0.717, 1.165) is 16.1 Å². The van der Waals surface area contributed by atoms with Gasteiger partial charge in [-0.25, -0.2) is 8.42 Å². The highest BCUT2D eigenvalue weighted by atomic mass is 35.5. The number of benzene rings is 2. The number of anilines is 1. The maximum atomic E-state index is 13.6. The van der Waals surface area contributed by atoms with Crippen LogP contribution in [0.5, 0.6) is 0 Å². The van der Waals surface area contributed by atoms with E-state index in [2.05, 4.69) is 5.32 Å². The summed E-state index contributed by atoms with van der Waals surface area (Å²) < 4.78 is 26.2. The molecule has 2 aromatic rings. The van der Waals surface area contributed by atoms with Gasteiger partial charge in [-0.05, 0) is 44.4 Å². The smallest absolute Gasteiger partial charge is 0.244 e. The molecule has 1 atom stereocenters. The van der Waals surface area contributed by atoms with Crippen LogP contribution in [-0.2, 0) is 26.0 Å². The van der Waals surface area contributed by atoms with Crippen LogP contribution in [0.2, 0.25) is 15.1 Å². The molecule has 0 fully saturated rings. The maximum Gasteiger partial charge on any atom is 0.244 e. The number of hydrogen-bond donors (Lipinski definition) is 1. The van der Waals surface area contributed by atoms with E-state index < -0.39 is 28.5 Å². The maximum absolute atomic E-state index is 13.6. The Morgan fingerprint density at radius 2 is 1.60 bits per heavy atom. The lowest BCUT2D eigenvalue weighted by molar-refractivity contribution is -0.139. The Labute approximate surface area is 222 Å². The topological polar surface area (TPSA) is 86.8 Å². The average molecular weight is 563 g/mol. The van der Waals surface area contributed by atoms with Crippen LogP contribution in [-0.4, -0.2) is 56.6 Å². The average Bonchev–Trinajstić information content (AvgIpc) is 2.76. The lowest BCUT2D eigenvalue weighted by Gasteiger charge is -2.33. The molecular formula is C24H30Cl3N3O4S. The van der Waals surface area contributed by atoms with Crippen LogP contribution in [0.3, 0.4) is 0 Å². The second-order valence-electron chi connectivity index (χ2n) is 8.40. The molecule has 0 aliphatic carbocycles. The molecule has 0 heterocycles. The van der Waals surface area contributed by atoms with Crippen LogP contribution in [0.25, 0.3) is 0 Å². The first-order chi connectivity index (χ1) is 16.3. The lowest BCUT2D eigenvalue weighted by atomic mass is 10.1. The van der Waals surface area contributed by atoms with E-state index in [1.165, 1.54) is 17.0 Å². The van der Waals surface area contributed by atoms with Gasteiger partial charge in [0.1, 0.15) is 12.6 Å².